The van der Waals surface area contributed by atoms with Gasteiger partial charge in [0.05, 0.1) is 16.1 Å². The molecular weight excluding hydrogens is 365 g/mol. The zero-order valence-corrected chi connectivity index (χ0v) is 15.2. The highest BCUT2D eigenvalue weighted by Crippen LogP contribution is 2.48. The van der Waals surface area contributed by atoms with Crippen LogP contribution in [0, 0.1) is 5.92 Å². The lowest BCUT2D eigenvalue weighted by Gasteiger charge is -2.52. The van der Waals surface area contributed by atoms with E-state index in [4.69, 9.17) is 34.8 Å². The first-order valence-electron chi connectivity index (χ1n) is 8.06. The second kappa shape index (κ2) is 6.25. The minimum atomic E-state index is 0.000872. The zero-order valence-electron chi connectivity index (χ0n) is 12.9. The number of hydrogen-bond donors (Lipinski definition) is 0. The number of benzene rings is 2. The lowest BCUT2D eigenvalue weighted by molar-refractivity contribution is -0.128. The molecule has 5 heteroatoms. The molecule has 0 unspecified atom stereocenters. The Morgan fingerprint density at radius 1 is 0.917 bits per heavy atom. The highest BCUT2D eigenvalue weighted by Gasteiger charge is 2.47. The Balaban J connectivity index is 1.81. The van der Waals surface area contributed by atoms with E-state index in [0.29, 0.717) is 27.3 Å². The largest absolute Gasteiger partial charge is 0.360 e. The second-order valence-electron chi connectivity index (χ2n) is 6.51. The van der Waals surface area contributed by atoms with Gasteiger partial charge in [-0.25, -0.2) is 0 Å². The van der Waals surface area contributed by atoms with Crippen LogP contribution in [0.25, 0.3) is 0 Å². The molecule has 24 heavy (non-hydrogen) atoms. The molecule has 2 heterocycles. The summed E-state index contributed by atoms with van der Waals surface area (Å²) in [6.45, 7) is 0. The molecule has 2 aromatic rings. The number of nitrogens with zero attached hydrogens (tertiary/aromatic N) is 1. The Bertz CT molecular complexity index is 790. The molecule has 124 valence electrons. The van der Waals surface area contributed by atoms with Crippen molar-refractivity contribution in [1.29, 1.82) is 0 Å². The summed E-state index contributed by atoms with van der Waals surface area (Å²) in [6.07, 6.45) is 2.58. The number of hydrogen-bond acceptors (Lipinski definition) is 2. The monoisotopic (exact) mass is 379 g/mol. The summed E-state index contributed by atoms with van der Waals surface area (Å²) in [6, 6.07) is 13.8. The predicted octanol–water partition coefficient (Wildman–Crippen LogP) is 5.95. The maximum Gasteiger partial charge on any atom is 0.140 e. The van der Waals surface area contributed by atoms with Gasteiger partial charge in [-0.2, -0.15) is 0 Å². The third kappa shape index (κ3) is 2.71. The molecule has 3 fully saturated rings. The first-order valence-corrected chi connectivity index (χ1v) is 9.19. The fourth-order valence-electron chi connectivity index (χ4n) is 4.08. The molecule has 0 N–H and O–H groups in total. The number of piperidine rings is 2. The highest BCUT2D eigenvalue weighted by molar-refractivity contribution is 6.42. The van der Waals surface area contributed by atoms with Crippen LogP contribution in [-0.4, -0.2) is 11.8 Å². The van der Waals surface area contributed by atoms with Gasteiger partial charge in [0.1, 0.15) is 5.78 Å². The van der Waals surface area contributed by atoms with Gasteiger partial charge >= 0.3 is 0 Å². The number of rotatable bonds is 2. The van der Waals surface area contributed by atoms with E-state index in [1.54, 1.807) is 0 Å². The molecule has 3 aliphatic rings. The molecule has 2 aliphatic heterocycles. The van der Waals surface area contributed by atoms with Gasteiger partial charge in [-0.1, -0.05) is 40.9 Å². The van der Waals surface area contributed by atoms with Crippen molar-refractivity contribution in [2.24, 2.45) is 5.92 Å². The summed E-state index contributed by atoms with van der Waals surface area (Å²) < 4.78 is 0. The molecule has 1 saturated carbocycles. The van der Waals surface area contributed by atoms with Crippen molar-refractivity contribution in [3.8, 4) is 0 Å². The maximum atomic E-state index is 12.5. The Morgan fingerprint density at radius 3 is 2.33 bits per heavy atom. The van der Waals surface area contributed by atoms with E-state index in [1.807, 2.05) is 42.5 Å². The first kappa shape index (κ1) is 16.3. The van der Waals surface area contributed by atoms with E-state index in [1.165, 1.54) is 0 Å². The van der Waals surface area contributed by atoms with Crippen LogP contribution < -0.4 is 4.90 Å². The quantitative estimate of drug-likeness (QED) is 0.642. The van der Waals surface area contributed by atoms with Gasteiger partial charge in [0.15, 0.2) is 0 Å². The predicted molar refractivity (Wildman–Crippen MR) is 99.3 cm³/mol. The van der Waals surface area contributed by atoms with E-state index in [-0.39, 0.29) is 18.0 Å². The van der Waals surface area contributed by atoms with E-state index >= 15 is 0 Å². The number of ketones is 1. The molecule has 5 rings (SSSR count). The van der Waals surface area contributed by atoms with E-state index in [9.17, 15) is 4.79 Å². The topological polar surface area (TPSA) is 20.3 Å². The third-order valence-electron chi connectivity index (χ3n) is 5.15. The standard InChI is InChI=1S/C19H16Cl3NO/c20-12-2-4-13(5-3-12)23-14-6-7-15(18(24)10-14)19(23)11-1-8-16(21)17(22)9-11/h1-5,8-9,14-15,19H,6-7,10H2/t14-,15+,19-/m0/s1. The minimum absolute atomic E-state index is 0.000872. The maximum absolute atomic E-state index is 12.5. The van der Waals surface area contributed by atoms with Crippen molar-refractivity contribution in [3.05, 3.63) is 63.1 Å². The normalized spacial score (nSPS) is 26.0. The summed E-state index contributed by atoms with van der Waals surface area (Å²) in [7, 11) is 0. The second-order valence-corrected chi connectivity index (χ2v) is 7.76. The lowest BCUT2D eigenvalue weighted by atomic mass is 9.71. The molecule has 0 spiro atoms. The van der Waals surface area contributed by atoms with Crippen LogP contribution in [0.2, 0.25) is 15.1 Å². The summed E-state index contributed by atoms with van der Waals surface area (Å²) in [5, 5.41) is 1.77. The van der Waals surface area contributed by atoms with E-state index < -0.39 is 0 Å². The Hall–Kier alpha value is -1.22. The van der Waals surface area contributed by atoms with Crippen LogP contribution in [0.5, 0.6) is 0 Å². The Kier molecular flexibility index (Phi) is 4.24. The Labute approximate surface area is 156 Å². The van der Waals surface area contributed by atoms with Crippen LogP contribution in [-0.2, 0) is 4.79 Å². The third-order valence-corrected chi connectivity index (χ3v) is 6.14. The number of carbonyl (C=O) groups is 1. The van der Waals surface area contributed by atoms with Crippen molar-refractivity contribution in [3.63, 3.8) is 0 Å². The van der Waals surface area contributed by atoms with Crippen LogP contribution in [0.15, 0.2) is 42.5 Å². The molecule has 0 radical (unpaired) electrons. The number of Topliss-reactive ketones (excluding diaryl/α,β-unsaturated/α-hetero) is 1. The summed E-state index contributed by atoms with van der Waals surface area (Å²) in [5.74, 6) is 0.357. The van der Waals surface area contributed by atoms with E-state index in [0.717, 1.165) is 24.1 Å². The zero-order chi connectivity index (χ0) is 16.8. The van der Waals surface area contributed by atoms with Crippen LogP contribution in [0.1, 0.15) is 30.9 Å². The van der Waals surface area contributed by atoms with Crippen molar-refractivity contribution in [1.82, 2.24) is 0 Å². The van der Waals surface area contributed by atoms with Gasteiger partial charge < -0.3 is 4.90 Å². The lowest BCUT2D eigenvalue weighted by Crippen LogP contribution is -2.54. The molecule has 1 aliphatic carbocycles. The fraction of sp³-hybridized carbons (Fsp3) is 0.316. The van der Waals surface area contributed by atoms with Gasteiger partial charge in [0, 0.05) is 29.1 Å². The molecule has 2 saturated heterocycles. The van der Waals surface area contributed by atoms with E-state index in [2.05, 4.69) is 4.90 Å². The SMILES string of the molecule is O=C1C[C@@H]2CC[C@H]1[C@H](c1ccc(Cl)c(Cl)c1)N2c1ccc(Cl)cc1. The minimum Gasteiger partial charge on any atom is -0.360 e. The number of anilines is 1. The molecule has 2 bridgehead atoms. The van der Waals surface area contributed by atoms with Crippen molar-refractivity contribution in [2.75, 3.05) is 4.90 Å². The summed E-state index contributed by atoms with van der Waals surface area (Å²) in [4.78, 5) is 14.9. The number of halogens is 3. The van der Waals surface area contributed by atoms with Crippen molar-refractivity contribution in [2.45, 2.75) is 31.3 Å². The average molecular weight is 381 g/mol. The van der Waals surface area contributed by atoms with Crippen molar-refractivity contribution >= 4 is 46.3 Å². The molecule has 0 aromatic heterocycles. The first-order chi connectivity index (χ1) is 11.5. The smallest absolute Gasteiger partial charge is 0.140 e. The van der Waals surface area contributed by atoms with Crippen LogP contribution in [0.3, 0.4) is 0 Å². The molecular formula is C19H16Cl3NO. The number of fused-ring (bicyclic) bond motifs is 3. The van der Waals surface area contributed by atoms with Gasteiger partial charge in [0.2, 0.25) is 0 Å². The van der Waals surface area contributed by atoms with Crippen LogP contribution >= 0.6 is 34.8 Å². The fourth-order valence-corrected chi connectivity index (χ4v) is 4.52. The average Bonchev–Trinajstić information content (AvgIpc) is 2.58. The molecule has 0 amide bonds. The van der Waals surface area contributed by atoms with Crippen molar-refractivity contribution < 1.29 is 4.79 Å². The molecule has 3 atom stereocenters. The van der Waals surface area contributed by atoms with Gasteiger partial charge in [0.25, 0.3) is 0 Å². The Morgan fingerprint density at radius 2 is 1.67 bits per heavy atom. The highest BCUT2D eigenvalue weighted by atomic mass is 35.5. The molecule has 2 nitrogen and oxygen atoms in total. The van der Waals surface area contributed by atoms with Gasteiger partial charge in [-0.15, -0.1) is 0 Å². The summed E-state index contributed by atoms with van der Waals surface area (Å²) in [5.41, 5.74) is 2.14. The number of carbonyl (C=O) groups excluding carboxylic acids is 1. The summed E-state index contributed by atoms with van der Waals surface area (Å²) >= 11 is 18.3. The van der Waals surface area contributed by atoms with Gasteiger partial charge in [-0.05, 0) is 54.8 Å². The molecule has 2 aromatic carbocycles. The van der Waals surface area contributed by atoms with Gasteiger partial charge in [-0.3, -0.25) is 4.79 Å². The van der Waals surface area contributed by atoms with Crippen LogP contribution in [0.4, 0.5) is 5.69 Å².